The van der Waals surface area contributed by atoms with Crippen LogP contribution in [0.3, 0.4) is 0 Å². The molecule has 116 valence electrons. The van der Waals surface area contributed by atoms with E-state index in [1.54, 1.807) is 45.0 Å². The van der Waals surface area contributed by atoms with Gasteiger partial charge in [-0.2, -0.15) is 0 Å². The van der Waals surface area contributed by atoms with E-state index in [2.05, 4.69) is 10.9 Å². The monoisotopic (exact) mass is 294 g/mol. The third-order valence-corrected chi connectivity index (χ3v) is 2.53. The van der Waals surface area contributed by atoms with Crippen LogP contribution in [0.25, 0.3) is 0 Å². The topological polar surface area (TPSA) is 87.7 Å². The van der Waals surface area contributed by atoms with Gasteiger partial charge in [0, 0.05) is 0 Å². The summed E-state index contributed by atoms with van der Waals surface area (Å²) in [6, 6.07) is 8.95. The van der Waals surface area contributed by atoms with E-state index >= 15 is 0 Å². The molecule has 1 aromatic carbocycles. The molecule has 1 aromatic rings. The molecule has 6 nitrogen and oxygen atoms in total. The van der Waals surface area contributed by atoms with Crippen LogP contribution >= 0.6 is 0 Å². The van der Waals surface area contributed by atoms with Crippen LogP contribution in [0.5, 0.6) is 0 Å². The van der Waals surface area contributed by atoms with Gasteiger partial charge in [0.05, 0.1) is 11.8 Å². The van der Waals surface area contributed by atoms with Crippen molar-refractivity contribution in [3.8, 4) is 0 Å². The molecule has 1 unspecified atom stereocenters. The molecular weight excluding hydrogens is 272 g/mol. The van der Waals surface area contributed by atoms with Crippen LogP contribution in [0.4, 0.5) is 5.69 Å². The first-order chi connectivity index (χ1) is 9.70. The maximum absolute atomic E-state index is 12.1. The summed E-state index contributed by atoms with van der Waals surface area (Å²) in [5.74, 6) is -2.70. The highest BCUT2D eigenvalue weighted by atomic mass is 16.6. The number of anilines is 1. The molecule has 0 heterocycles. The van der Waals surface area contributed by atoms with Gasteiger partial charge < -0.3 is 9.84 Å². The van der Waals surface area contributed by atoms with E-state index in [0.717, 1.165) is 0 Å². The number of carbonyl (C=O) groups excluding carboxylic acids is 2. The van der Waals surface area contributed by atoms with Crippen LogP contribution < -0.4 is 10.9 Å². The van der Waals surface area contributed by atoms with Gasteiger partial charge in [-0.25, -0.2) is 0 Å². The number of para-hydroxylation sites is 1. The normalized spacial score (nSPS) is 14.0. The second-order valence-corrected chi connectivity index (χ2v) is 5.73. The molecule has 0 bridgehead atoms. The lowest BCUT2D eigenvalue weighted by Gasteiger charge is -2.25. The molecule has 1 amide bonds. The van der Waals surface area contributed by atoms with Crippen molar-refractivity contribution in [2.24, 2.45) is 5.92 Å². The molecule has 0 aliphatic heterocycles. The number of aliphatic hydroxyl groups excluding tert-OH is 1. The Morgan fingerprint density at radius 2 is 1.76 bits per heavy atom. The molecule has 0 aromatic heterocycles. The maximum Gasteiger partial charge on any atom is 0.321 e. The molecular formula is C15H22N2O4. The minimum atomic E-state index is -1.29. The second kappa shape index (κ2) is 7.08. The standard InChI is InChI=1S/C15H22N2O4/c1-10(18)12(14(20)21-15(2,3)4)13(19)17-16-11-8-6-5-7-9-11/h5-10,12,16,18H,1-4H3,(H,17,19)/t10?,12-/m0/s1. The van der Waals surface area contributed by atoms with Crippen LogP contribution in [0, 0.1) is 5.92 Å². The van der Waals surface area contributed by atoms with Gasteiger partial charge in [-0.05, 0) is 39.8 Å². The fraction of sp³-hybridized carbons (Fsp3) is 0.467. The lowest BCUT2D eigenvalue weighted by atomic mass is 10.0. The lowest BCUT2D eigenvalue weighted by Crippen LogP contribution is -2.45. The lowest BCUT2D eigenvalue weighted by molar-refractivity contribution is -0.166. The average Bonchev–Trinajstić information content (AvgIpc) is 2.35. The number of aliphatic hydroxyl groups is 1. The highest BCUT2D eigenvalue weighted by molar-refractivity contribution is 5.99. The number of rotatable bonds is 5. The van der Waals surface area contributed by atoms with E-state index in [9.17, 15) is 14.7 Å². The molecule has 0 aliphatic rings. The van der Waals surface area contributed by atoms with Crippen LogP contribution in [0.15, 0.2) is 30.3 Å². The number of hydrogen-bond donors (Lipinski definition) is 3. The maximum atomic E-state index is 12.1. The predicted octanol–water partition coefficient (Wildman–Crippen LogP) is 1.47. The molecule has 21 heavy (non-hydrogen) atoms. The van der Waals surface area contributed by atoms with Gasteiger partial charge >= 0.3 is 5.97 Å². The molecule has 0 radical (unpaired) electrons. The zero-order valence-electron chi connectivity index (χ0n) is 12.7. The second-order valence-electron chi connectivity index (χ2n) is 5.73. The highest BCUT2D eigenvalue weighted by Gasteiger charge is 2.35. The first-order valence-corrected chi connectivity index (χ1v) is 6.72. The van der Waals surface area contributed by atoms with E-state index in [-0.39, 0.29) is 0 Å². The minimum Gasteiger partial charge on any atom is -0.459 e. The predicted molar refractivity (Wildman–Crippen MR) is 79.2 cm³/mol. The molecule has 3 N–H and O–H groups in total. The average molecular weight is 294 g/mol. The van der Waals surface area contributed by atoms with Gasteiger partial charge in [0.15, 0.2) is 5.92 Å². The van der Waals surface area contributed by atoms with Crippen LogP contribution in [-0.2, 0) is 14.3 Å². The summed E-state index contributed by atoms with van der Waals surface area (Å²) in [6.07, 6.45) is -1.16. The molecule has 6 heteroatoms. The number of carbonyl (C=O) groups is 2. The van der Waals surface area contributed by atoms with Crippen molar-refractivity contribution >= 4 is 17.6 Å². The number of amides is 1. The number of benzene rings is 1. The summed E-state index contributed by atoms with van der Waals surface area (Å²) in [4.78, 5) is 24.0. The number of ether oxygens (including phenoxy) is 1. The van der Waals surface area contributed by atoms with Crippen molar-refractivity contribution in [2.45, 2.75) is 39.4 Å². The minimum absolute atomic E-state index is 0.650. The van der Waals surface area contributed by atoms with E-state index < -0.39 is 29.5 Å². The van der Waals surface area contributed by atoms with Gasteiger partial charge in [0.2, 0.25) is 0 Å². The van der Waals surface area contributed by atoms with E-state index in [1.807, 2.05) is 6.07 Å². The van der Waals surface area contributed by atoms with E-state index in [4.69, 9.17) is 4.74 Å². The van der Waals surface area contributed by atoms with Crippen LogP contribution in [-0.4, -0.2) is 28.7 Å². The zero-order valence-corrected chi connectivity index (χ0v) is 12.7. The van der Waals surface area contributed by atoms with Gasteiger partial charge in [0.25, 0.3) is 5.91 Å². The van der Waals surface area contributed by atoms with E-state index in [1.165, 1.54) is 6.92 Å². The van der Waals surface area contributed by atoms with Gasteiger partial charge in [-0.3, -0.25) is 20.4 Å². The van der Waals surface area contributed by atoms with Crippen molar-refractivity contribution in [3.05, 3.63) is 30.3 Å². The Balaban J connectivity index is 2.68. The highest BCUT2D eigenvalue weighted by Crippen LogP contribution is 2.14. The third kappa shape index (κ3) is 5.83. The zero-order chi connectivity index (χ0) is 16.0. The number of hydrazine groups is 1. The first kappa shape index (κ1) is 17.0. The van der Waals surface area contributed by atoms with Crippen molar-refractivity contribution in [1.82, 2.24) is 5.43 Å². The summed E-state index contributed by atoms with van der Waals surface area (Å²) in [7, 11) is 0. The molecule has 0 aliphatic carbocycles. The summed E-state index contributed by atoms with van der Waals surface area (Å²) in [6.45, 7) is 6.47. The summed E-state index contributed by atoms with van der Waals surface area (Å²) < 4.78 is 5.15. The Bertz CT molecular complexity index is 480. The van der Waals surface area contributed by atoms with Crippen molar-refractivity contribution < 1.29 is 19.4 Å². The van der Waals surface area contributed by atoms with Crippen LogP contribution in [0.1, 0.15) is 27.7 Å². The Labute approximate surface area is 124 Å². The number of hydrogen-bond acceptors (Lipinski definition) is 5. The number of esters is 1. The quantitative estimate of drug-likeness (QED) is 0.435. The van der Waals surface area contributed by atoms with Crippen molar-refractivity contribution in [1.29, 1.82) is 0 Å². The summed E-state index contributed by atoms with van der Waals surface area (Å²) >= 11 is 0. The van der Waals surface area contributed by atoms with Crippen LogP contribution in [0.2, 0.25) is 0 Å². The van der Waals surface area contributed by atoms with Crippen molar-refractivity contribution in [3.63, 3.8) is 0 Å². The largest absolute Gasteiger partial charge is 0.459 e. The smallest absolute Gasteiger partial charge is 0.321 e. The molecule has 0 fully saturated rings. The third-order valence-electron chi connectivity index (χ3n) is 2.53. The SMILES string of the molecule is CC(O)[C@@H](C(=O)NNc1ccccc1)C(=O)OC(C)(C)C. The van der Waals surface area contributed by atoms with Gasteiger partial charge in [0.1, 0.15) is 5.60 Å². The fourth-order valence-corrected chi connectivity index (χ4v) is 1.62. The van der Waals surface area contributed by atoms with Crippen molar-refractivity contribution in [2.75, 3.05) is 5.43 Å². The molecule has 0 saturated carbocycles. The Kier molecular flexibility index (Phi) is 5.72. The molecule has 1 rings (SSSR count). The van der Waals surface area contributed by atoms with E-state index in [0.29, 0.717) is 5.69 Å². The Morgan fingerprint density at radius 1 is 1.19 bits per heavy atom. The summed E-state index contributed by atoms with van der Waals surface area (Å²) in [5.41, 5.74) is 5.02. The molecule has 0 spiro atoms. The molecule has 2 atom stereocenters. The first-order valence-electron chi connectivity index (χ1n) is 6.72. The fourth-order valence-electron chi connectivity index (χ4n) is 1.62. The number of nitrogens with one attached hydrogen (secondary N) is 2. The Morgan fingerprint density at radius 3 is 2.24 bits per heavy atom. The van der Waals surface area contributed by atoms with Gasteiger partial charge in [-0.1, -0.05) is 18.2 Å². The Hall–Kier alpha value is -2.08. The van der Waals surface area contributed by atoms with Gasteiger partial charge in [-0.15, -0.1) is 0 Å². The molecule has 0 saturated heterocycles. The summed E-state index contributed by atoms with van der Waals surface area (Å²) in [5, 5.41) is 9.66.